The molecule has 2 aromatic heterocycles. The highest BCUT2D eigenvalue weighted by molar-refractivity contribution is 7.14. The van der Waals surface area contributed by atoms with Crippen molar-refractivity contribution in [3.05, 3.63) is 23.3 Å². The molecule has 2 fully saturated rings. The van der Waals surface area contributed by atoms with Crippen molar-refractivity contribution in [2.75, 3.05) is 19.0 Å². The van der Waals surface area contributed by atoms with E-state index in [0.717, 1.165) is 37.7 Å². The van der Waals surface area contributed by atoms with Crippen molar-refractivity contribution < 1.29 is 19.1 Å². The van der Waals surface area contributed by atoms with Gasteiger partial charge < -0.3 is 19.9 Å². The van der Waals surface area contributed by atoms with Gasteiger partial charge in [0, 0.05) is 29.6 Å². The molecule has 0 spiro atoms. The van der Waals surface area contributed by atoms with Crippen LogP contribution in [0.4, 0.5) is 5.13 Å². The van der Waals surface area contributed by atoms with Crippen LogP contribution in [0.5, 0.6) is 0 Å². The first-order chi connectivity index (χ1) is 14.6. The summed E-state index contributed by atoms with van der Waals surface area (Å²) in [5.41, 5.74) is 1.74. The van der Waals surface area contributed by atoms with Gasteiger partial charge in [0.25, 0.3) is 0 Å². The molecule has 1 saturated heterocycles. The van der Waals surface area contributed by atoms with Gasteiger partial charge in [-0.1, -0.05) is 19.3 Å². The number of amides is 2. The lowest BCUT2D eigenvalue weighted by molar-refractivity contribution is -0.141. The summed E-state index contributed by atoms with van der Waals surface area (Å²) in [5, 5.41) is 5.17. The Kier molecular flexibility index (Phi) is 6.17. The van der Waals surface area contributed by atoms with Crippen molar-refractivity contribution in [1.29, 1.82) is 0 Å². The summed E-state index contributed by atoms with van der Waals surface area (Å²) < 4.78 is 4.70. The first-order valence-corrected chi connectivity index (χ1v) is 11.3. The van der Waals surface area contributed by atoms with Gasteiger partial charge in [-0.2, -0.15) is 0 Å². The second-order valence-corrected chi connectivity index (χ2v) is 8.70. The number of hydrogen-bond donors (Lipinski definition) is 2. The van der Waals surface area contributed by atoms with Crippen molar-refractivity contribution in [1.82, 2.24) is 14.9 Å². The van der Waals surface area contributed by atoms with E-state index in [1.54, 1.807) is 17.2 Å². The predicted molar refractivity (Wildman–Crippen MR) is 113 cm³/mol. The molecule has 9 heteroatoms. The zero-order valence-corrected chi connectivity index (χ0v) is 17.8. The van der Waals surface area contributed by atoms with Crippen LogP contribution in [0.1, 0.15) is 55.4 Å². The van der Waals surface area contributed by atoms with Crippen LogP contribution in [0.15, 0.2) is 17.6 Å². The van der Waals surface area contributed by atoms with Gasteiger partial charge >= 0.3 is 5.97 Å². The molecule has 3 heterocycles. The number of methoxy groups -OCH3 is 1. The third-order valence-electron chi connectivity index (χ3n) is 5.91. The molecule has 4 rings (SSSR count). The monoisotopic (exact) mass is 430 g/mol. The van der Waals surface area contributed by atoms with E-state index >= 15 is 0 Å². The number of anilines is 1. The van der Waals surface area contributed by atoms with Crippen molar-refractivity contribution in [3.8, 4) is 11.3 Å². The van der Waals surface area contributed by atoms with Crippen LogP contribution in [-0.4, -0.2) is 52.3 Å². The third kappa shape index (κ3) is 4.26. The number of likely N-dealkylation sites (tertiary alicyclic amines) is 1. The fourth-order valence-electron chi connectivity index (χ4n) is 4.31. The molecule has 1 atom stereocenters. The molecule has 1 aliphatic heterocycles. The highest BCUT2D eigenvalue weighted by atomic mass is 32.1. The van der Waals surface area contributed by atoms with Crippen molar-refractivity contribution >= 4 is 34.3 Å². The van der Waals surface area contributed by atoms with Gasteiger partial charge in [-0.3, -0.25) is 9.59 Å². The predicted octanol–water partition coefficient (Wildman–Crippen LogP) is 3.43. The second-order valence-electron chi connectivity index (χ2n) is 7.85. The maximum atomic E-state index is 12.9. The largest absolute Gasteiger partial charge is 0.464 e. The van der Waals surface area contributed by atoms with Crippen molar-refractivity contribution in [2.24, 2.45) is 5.92 Å². The topological polar surface area (TPSA) is 104 Å². The molecule has 8 nitrogen and oxygen atoms in total. The Hall–Kier alpha value is -2.68. The Balaban J connectivity index is 1.40. The number of rotatable bonds is 5. The maximum Gasteiger partial charge on any atom is 0.354 e. The summed E-state index contributed by atoms with van der Waals surface area (Å²) in [6.07, 6.45) is 8.46. The first kappa shape index (κ1) is 20.6. The maximum absolute atomic E-state index is 12.9. The molecule has 160 valence electrons. The molecule has 30 heavy (non-hydrogen) atoms. The normalized spacial score (nSPS) is 19.6. The van der Waals surface area contributed by atoms with Gasteiger partial charge in [0.2, 0.25) is 11.8 Å². The highest BCUT2D eigenvalue weighted by Gasteiger charge is 2.37. The molecular weight excluding hydrogens is 404 g/mol. The smallest absolute Gasteiger partial charge is 0.354 e. The van der Waals surface area contributed by atoms with Crippen molar-refractivity contribution in [3.63, 3.8) is 0 Å². The summed E-state index contributed by atoms with van der Waals surface area (Å²) in [5.74, 6) is -0.429. The Morgan fingerprint density at radius 1 is 1.20 bits per heavy atom. The third-order valence-corrected chi connectivity index (χ3v) is 6.67. The number of carbonyl (C=O) groups is 3. The number of thiazole rings is 1. The van der Waals surface area contributed by atoms with Gasteiger partial charge in [-0.15, -0.1) is 11.3 Å². The van der Waals surface area contributed by atoms with Gasteiger partial charge in [0.1, 0.15) is 11.7 Å². The SMILES string of the molecule is COC(=O)c1cc(-c2csc(NC(=O)C3CCCN3C(=O)C3CCCCC3)n2)c[nH]1. The number of esters is 1. The molecule has 2 aliphatic rings. The van der Waals surface area contributed by atoms with E-state index in [-0.39, 0.29) is 17.7 Å². The van der Waals surface area contributed by atoms with E-state index in [4.69, 9.17) is 4.74 Å². The minimum Gasteiger partial charge on any atom is -0.464 e. The number of H-pyrrole nitrogens is 1. The Morgan fingerprint density at radius 3 is 2.77 bits per heavy atom. The highest BCUT2D eigenvalue weighted by Crippen LogP contribution is 2.30. The van der Waals surface area contributed by atoms with Crippen LogP contribution in [-0.2, 0) is 14.3 Å². The Morgan fingerprint density at radius 2 is 2.00 bits per heavy atom. The summed E-state index contributed by atoms with van der Waals surface area (Å²) in [6.45, 7) is 0.649. The fraction of sp³-hybridized carbons (Fsp3) is 0.524. The lowest BCUT2D eigenvalue weighted by atomic mass is 9.88. The number of aromatic amines is 1. The molecule has 1 unspecified atom stereocenters. The first-order valence-electron chi connectivity index (χ1n) is 10.4. The summed E-state index contributed by atoms with van der Waals surface area (Å²) in [7, 11) is 1.32. The van der Waals surface area contributed by atoms with Gasteiger partial charge in [-0.25, -0.2) is 9.78 Å². The number of carbonyl (C=O) groups excluding carboxylic acids is 3. The van der Waals surface area contributed by atoms with Crippen LogP contribution in [0.25, 0.3) is 11.3 Å². The second kappa shape index (κ2) is 8.99. The fourth-order valence-corrected chi connectivity index (χ4v) is 5.03. The standard InChI is InChI=1S/C21H26N4O4S/c1-29-20(28)15-10-14(11-22-15)16-12-30-21(23-16)24-18(26)17-8-5-9-25(17)19(27)13-6-3-2-4-7-13/h10-13,17,22H,2-9H2,1H3,(H,23,24,26). The molecular formula is C21H26N4O4S. The molecule has 1 aliphatic carbocycles. The van der Waals surface area contributed by atoms with E-state index in [1.807, 2.05) is 5.38 Å². The molecule has 0 radical (unpaired) electrons. The number of ether oxygens (including phenoxy) is 1. The minimum atomic E-state index is -0.450. The van der Waals surface area contributed by atoms with Gasteiger partial charge in [-0.05, 0) is 31.7 Å². The van der Waals surface area contributed by atoms with E-state index in [0.29, 0.717) is 29.5 Å². The molecule has 0 aromatic carbocycles. The quantitative estimate of drug-likeness (QED) is 0.707. The molecule has 2 aromatic rings. The summed E-state index contributed by atoms with van der Waals surface area (Å²) >= 11 is 1.32. The van der Waals surface area contributed by atoms with E-state index in [9.17, 15) is 14.4 Å². The number of nitrogens with one attached hydrogen (secondary N) is 2. The zero-order chi connectivity index (χ0) is 21.1. The van der Waals surface area contributed by atoms with Crippen LogP contribution < -0.4 is 5.32 Å². The molecule has 2 amide bonds. The van der Waals surface area contributed by atoms with Gasteiger partial charge in [0.05, 0.1) is 12.8 Å². The Labute approximate surface area is 179 Å². The Bertz CT molecular complexity index is 931. The van der Waals surface area contributed by atoms with E-state index in [2.05, 4.69) is 15.3 Å². The average Bonchev–Trinajstić information content (AvgIpc) is 3.53. The van der Waals surface area contributed by atoms with Gasteiger partial charge in [0.15, 0.2) is 5.13 Å². The lowest BCUT2D eigenvalue weighted by Gasteiger charge is -2.29. The summed E-state index contributed by atoms with van der Waals surface area (Å²) in [6, 6.07) is 1.23. The van der Waals surface area contributed by atoms with Crippen LogP contribution in [0.2, 0.25) is 0 Å². The lowest BCUT2D eigenvalue weighted by Crippen LogP contribution is -2.46. The number of aromatic nitrogens is 2. The number of hydrogen-bond acceptors (Lipinski definition) is 6. The van der Waals surface area contributed by atoms with Crippen LogP contribution in [0.3, 0.4) is 0 Å². The zero-order valence-electron chi connectivity index (χ0n) is 17.0. The van der Waals surface area contributed by atoms with Crippen LogP contribution in [0, 0.1) is 5.92 Å². The average molecular weight is 431 g/mol. The minimum absolute atomic E-state index is 0.0659. The molecule has 2 N–H and O–H groups in total. The number of nitrogens with zero attached hydrogens (tertiary/aromatic N) is 2. The molecule has 1 saturated carbocycles. The molecule has 0 bridgehead atoms. The van der Waals surface area contributed by atoms with Crippen molar-refractivity contribution in [2.45, 2.75) is 51.0 Å². The van der Waals surface area contributed by atoms with E-state index < -0.39 is 12.0 Å². The summed E-state index contributed by atoms with van der Waals surface area (Å²) in [4.78, 5) is 46.5. The van der Waals surface area contributed by atoms with Crippen LogP contribution >= 0.6 is 11.3 Å². The van der Waals surface area contributed by atoms with E-state index in [1.165, 1.54) is 24.9 Å².